The molecular formula is C18H25NO5S2. The summed E-state index contributed by atoms with van der Waals surface area (Å²) in [5, 5.41) is 2.63. The Balaban J connectivity index is 1.71. The van der Waals surface area contributed by atoms with Gasteiger partial charge in [-0.2, -0.15) is 0 Å². The van der Waals surface area contributed by atoms with E-state index in [-0.39, 0.29) is 17.9 Å². The van der Waals surface area contributed by atoms with Crippen LogP contribution in [0.1, 0.15) is 30.9 Å². The molecular weight excluding hydrogens is 374 g/mol. The molecule has 1 aliphatic heterocycles. The van der Waals surface area contributed by atoms with Gasteiger partial charge >= 0.3 is 5.97 Å². The molecule has 0 radical (unpaired) electrons. The van der Waals surface area contributed by atoms with Gasteiger partial charge in [0, 0.05) is 16.7 Å². The standard InChI is InChI=1S/C18H25NO5S2/c1-12-4-5-16(10-13(12)2)25-8-6-17(20)24-14(3)18(21)19-15-7-9-26(22,23)11-15/h4-5,10,14-15H,6-9,11H2,1-3H3,(H,19,21)/t14-,15+/m1/s1. The van der Waals surface area contributed by atoms with E-state index in [1.54, 1.807) is 11.8 Å². The van der Waals surface area contributed by atoms with Crippen LogP contribution < -0.4 is 5.32 Å². The lowest BCUT2D eigenvalue weighted by molar-refractivity contribution is -0.154. The summed E-state index contributed by atoms with van der Waals surface area (Å²) in [6.45, 7) is 5.59. The highest BCUT2D eigenvalue weighted by Crippen LogP contribution is 2.22. The normalized spacial score (nSPS) is 19.7. The van der Waals surface area contributed by atoms with Crippen molar-refractivity contribution < 1.29 is 22.7 Å². The Labute approximate surface area is 159 Å². The van der Waals surface area contributed by atoms with Gasteiger partial charge in [-0.15, -0.1) is 11.8 Å². The van der Waals surface area contributed by atoms with Crippen LogP contribution >= 0.6 is 11.8 Å². The molecule has 0 aliphatic carbocycles. The zero-order valence-corrected chi connectivity index (χ0v) is 16.9. The Bertz CT molecular complexity index is 776. The summed E-state index contributed by atoms with van der Waals surface area (Å²) < 4.78 is 28.0. The lowest BCUT2D eigenvalue weighted by atomic mass is 10.1. The molecule has 1 aromatic rings. The van der Waals surface area contributed by atoms with Crippen LogP contribution in [0.15, 0.2) is 23.1 Å². The minimum absolute atomic E-state index is 0.0496. The van der Waals surface area contributed by atoms with Gasteiger partial charge in [0.15, 0.2) is 15.9 Å². The number of ether oxygens (including phenoxy) is 1. The first kappa shape index (κ1) is 20.8. The van der Waals surface area contributed by atoms with E-state index in [0.717, 1.165) is 4.90 Å². The summed E-state index contributed by atoms with van der Waals surface area (Å²) in [5.41, 5.74) is 2.43. The number of nitrogens with one attached hydrogen (secondary N) is 1. The third-order valence-electron chi connectivity index (χ3n) is 4.31. The number of benzene rings is 1. The molecule has 1 N–H and O–H groups in total. The highest BCUT2D eigenvalue weighted by Gasteiger charge is 2.30. The highest BCUT2D eigenvalue weighted by molar-refractivity contribution is 7.99. The fourth-order valence-corrected chi connectivity index (χ4v) is 5.20. The third kappa shape index (κ3) is 6.32. The summed E-state index contributed by atoms with van der Waals surface area (Å²) in [4.78, 5) is 25.0. The molecule has 1 aromatic carbocycles. The quantitative estimate of drug-likeness (QED) is 0.557. The van der Waals surface area contributed by atoms with Crippen LogP contribution in [0.25, 0.3) is 0 Å². The Kier molecular flexibility index (Phi) is 7.11. The number of hydrogen-bond donors (Lipinski definition) is 1. The Hall–Kier alpha value is -1.54. The molecule has 1 heterocycles. The molecule has 144 valence electrons. The van der Waals surface area contributed by atoms with Crippen LogP contribution in [-0.2, 0) is 24.2 Å². The summed E-state index contributed by atoms with van der Waals surface area (Å²) in [5.74, 6) is -0.296. The molecule has 26 heavy (non-hydrogen) atoms. The predicted octanol–water partition coefficient (Wildman–Crippen LogP) is 2.02. The molecule has 1 aliphatic rings. The third-order valence-corrected chi connectivity index (χ3v) is 7.07. The summed E-state index contributed by atoms with van der Waals surface area (Å²) in [7, 11) is -3.06. The molecule has 0 unspecified atom stereocenters. The van der Waals surface area contributed by atoms with E-state index in [9.17, 15) is 18.0 Å². The van der Waals surface area contributed by atoms with Crippen molar-refractivity contribution in [1.82, 2.24) is 5.32 Å². The van der Waals surface area contributed by atoms with Gasteiger partial charge in [-0.05, 0) is 50.5 Å². The highest BCUT2D eigenvalue weighted by atomic mass is 32.2. The Morgan fingerprint density at radius 1 is 1.31 bits per heavy atom. The molecule has 2 atom stereocenters. The topological polar surface area (TPSA) is 89.5 Å². The molecule has 8 heteroatoms. The lowest BCUT2D eigenvalue weighted by Gasteiger charge is -2.16. The van der Waals surface area contributed by atoms with E-state index in [1.807, 2.05) is 19.1 Å². The van der Waals surface area contributed by atoms with E-state index in [2.05, 4.69) is 18.3 Å². The predicted molar refractivity (Wildman–Crippen MR) is 102 cm³/mol. The van der Waals surface area contributed by atoms with Crippen LogP contribution in [0, 0.1) is 13.8 Å². The first-order valence-electron chi connectivity index (χ1n) is 8.56. The second kappa shape index (κ2) is 8.90. The maximum atomic E-state index is 12.0. The second-order valence-electron chi connectivity index (χ2n) is 6.59. The van der Waals surface area contributed by atoms with Crippen molar-refractivity contribution in [2.75, 3.05) is 17.3 Å². The van der Waals surface area contributed by atoms with Gasteiger partial charge in [0.05, 0.1) is 17.9 Å². The van der Waals surface area contributed by atoms with Crippen LogP contribution in [0.3, 0.4) is 0 Å². The van der Waals surface area contributed by atoms with Crippen molar-refractivity contribution in [3.63, 3.8) is 0 Å². The number of hydrogen-bond acceptors (Lipinski definition) is 6. The maximum absolute atomic E-state index is 12.0. The molecule has 1 amide bonds. The van der Waals surface area contributed by atoms with Gasteiger partial charge in [0.1, 0.15) is 0 Å². The van der Waals surface area contributed by atoms with Crippen molar-refractivity contribution in [2.24, 2.45) is 0 Å². The van der Waals surface area contributed by atoms with E-state index < -0.39 is 33.9 Å². The summed E-state index contributed by atoms with van der Waals surface area (Å²) in [6.07, 6.45) is -0.327. The van der Waals surface area contributed by atoms with Crippen molar-refractivity contribution in [2.45, 2.75) is 50.7 Å². The number of carbonyl (C=O) groups excluding carboxylic acids is 2. The smallest absolute Gasteiger partial charge is 0.307 e. The number of aryl methyl sites for hydroxylation is 2. The Morgan fingerprint density at radius 3 is 2.65 bits per heavy atom. The first-order chi connectivity index (χ1) is 12.2. The molecule has 6 nitrogen and oxygen atoms in total. The van der Waals surface area contributed by atoms with Gasteiger partial charge in [-0.1, -0.05) is 6.07 Å². The fraction of sp³-hybridized carbons (Fsp3) is 0.556. The van der Waals surface area contributed by atoms with Gasteiger partial charge in [0.2, 0.25) is 0 Å². The number of esters is 1. The molecule has 0 aromatic heterocycles. The minimum atomic E-state index is -3.06. The fourth-order valence-electron chi connectivity index (χ4n) is 2.59. The van der Waals surface area contributed by atoms with Gasteiger partial charge in [-0.3, -0.25) is 9.59 Å². The first-order valence-corrected chi connectivity index (χ1v) is 11.4. The number of sulfone groups is 1. The van der Waals surface area contributed by atoms with Gasteiger partial charge in [-0.25, -0.2) is 8.42 Å². The summed E-state index contributed by atoms with van der Waals surface area (Å²) >= 11 is 1.56. The molecule has 1 saturated heterocycles. The molecule has 1 fully saturated rings. The number of amides is 1. The average Bonchev–Trinajstić information content (AvgIpc) is 2.89. The van der Waals surface area contributed by atoms with Gasteiger partial charge in [0.25, 0.3) is 5.91 Å². The van der Waals surface area contributed by atoms with E-state index in [1.165, 1.54) is 18.1 Å². The van der Waals surface area contributed by atoms with Crippen molar-refractivity contribution in [3.8, 4) is 0 Å². The lowest BCUT2D eigenvalue weighted by Crippen LogP contribution is -2.42. The van der Waals surface area contributed by atoms with Gasteiger partial charge < -0.3 is 10.1 Å². The SMILES string of the molecule is Cc1ccc(SCCC(=O)O[C@H](C)C(=O)N[C@H]2CCS(=O)(=O)C2)cc1C. The van der Waals surface area contributed by atoms with Crippen molar-refractivity contribution >= 4 is 33.5 Å². The largest absolute Gasteiger partial charge is 0.453 e. The molecule has 0 saturated carbocycles. The maximum Gasteiger partial charge on any atom is 0.307 e. The number of thioether (sulfide) groups is 1. The zero-order chi connectivity index (χ0) is 19.3. The number of rotatable bonds is 7. The number of carbonyl (C=O) groups is 2. The van der Waals surface area contributed by atoms with Crippen LogP contribution in [-0.4, -0.2) is 49.7 Å². The van der Waals surface area contributed by atoms with Crippen molar-refractivity contribution in [3.05, 3.63) is 29.3 Å². The van der Waals surface area contributed by atoms with Crippen LogP contribution in [0.2, 0.25) is 0 Å². The van der Waals surface area contributed by atoms with E-state index >= 15 is 0 Å². The molecule has 0 bridgehead atoms. The van der Waals surface area contributed by atoms with Crippen LogP contribution in [0.5, 0.6) is 0 Å². The second-order valence-corrected chi connectivity index (χ2v) is 9.98. The zero-order valence-electron chi connectivity index (χ0n) is 15.3. The minimum Gasteiger partial charge on any atom is -0.453 e. The average molecular weight is 400 g/mol. The molecule has 0 spiro atoms. The Morgan fingerprint density at radius 2 is 2.04 bits per heavy atom. The van der Waals surface area contributed by atoms with E-state index in [0.29, 0.717) is 12.2 Å². The molecule has 2 rings (SSSR count). The van der Waals surface area contributed by atoms with Crippen LogP contribution in [0.4, 0.5) is 0 Å². The van der Waals surface area contributed by atoms with E-state index in [4.69, 9.17) is 4.74 Å². The monoisotopic (exact) mass is 399 g/mol. The van der Waals surface area contributed by atoms with Crippen molar-refractivity contribution in [1.29, 1.82) is 0 Å². The summed E-state index contributed by atoms with van der Waals surface area (Å²) in [6, 6.07) is 5.75.